The standard InChI is InChI=1S/C8H13ClN2S/c1-6(2)3-7(9)4-8-11-10-5-12-8/h5-7H,3-4H2,1-2H3. The van der Waals surface area contributed by atoms with Crippen LogP contribution in [-0.4, -0.2) is 15.6 Å². The van der Waals surface area contributed by atoms with Crippen molar-refractivity contribution in [3.05, 3.63) is 10.5 Å². The van der Waals surface area contributed by atoms with Crippen LogP contribution in [0.2, 0.25) is 0 Å². The molecule has 0 aliphatic rings. The van der Waals surface area contributed by atoms with Gasteiger partial charge in [0.1, 0.15) is 10.5 Å². The molecule has 0 bridgehead atoms. The third-order valence-electron chi connectivity index (χ3n) is 1.53. The number of halogens is 1. The first-order valence-electron chi connectivity index (χ1n) is 4.07. The molecule has 1 atom stereocenters. The summed E-state index contributed by atoms with van der Waals surface area (Å²) in [4.78, 5) is 0. The lowest BCUT2D eigenvalue weighted by atomic mass is 10.1. The SMILES string of the molecule is CC(C)CC(Cl)Cc1nncs1. The van der Waals surface area contributed by atoms with E-state index in [1.165, 1.54) is 0 Å². The molecule has 0 fully saturated rings. The molecule has 0 radical (unpaired) electrons. The quantitative estimate of drug-likeness (QED) is 0.705. The third-order valence-corrected chi connectivity index (χ3v) is 2.58. The number of aromatic nitrogens is 2. The second-order valence-corrected chi connectivity index (χ2v) is 4.80. The van der Waals surface area contributed by atoms with Gasteiger partial charge in [-0.1, -0.05) is 13.8 Å². The lowest BCUT2D eigenvalue weighted by Gasteiger charge is -2.09. The summed E-state index contributed by atoms with van der Waals surface area (Å²) in [6.45, 7) is 4.35. The third kappa shape index (κ3) is 3.50. The Morgan fingerprint density at radius 3 is 2.83 bits per heavy atom. The molecule has 68 valence electrons. The fourth-order valence-electron chi connectivity index (χ4n) is 1.07. The molecule has 0 saturated heterocycles. The molecule has 0 amide bonds. The summed E-state index contributed by atoms with van der Waals surface area (Å²) in [6, 6.07) is 0. The van der Waals surface area contributed by atoms with Crippen LogP contribution in [0, 0.1) is 5.92 Å². The van der Waals surface area contributed by atoms with Crippen LogP contribution in [0.1, 0.15) is 25.3 Å². The van der Waals surface area contributed by atoms with Crippen molar-refractivity contribution in [3.8, 4) is 0 Å². The van der Waals surface area contributed by atoms with Crippen LogP contribution in [0.5, 0.6) is 0 Å². The molecular weight excluding hydrogens is 192 g/mol. The van der Waals surface area contributed by atoms with Crippen molar-refractivity contribution >= 4 is 22.9 Å². The molecule has 1 rings (SSSR count). The van der Waals surface area contributed by atoms with E-state index < -0.39 is 0 Å². The summed E-state index contributed by atoms with van der Waals surface area (Å²) in [6.07, 6.45) is 1.89. The Hall–Kier alpha value is -0.150. The lowest BCUT2D eigenvalue weighted by Crippen LogP contribution is -2.06. The average Bonchev–Trinajstić information content (AvgIpc) is 2.37. The Kier molecular flexibility index (Phi) is 3.95. The van der Waals surface area contributed by atoms with E-state index in [4.69, 9.17) is 11.6 Å². The first-order valence-corrected chi connectivity index (χ1v) is 5.39. The summed E-state index contributed by atoms with van der Waals surface area (Å²) in [5.41, 5.74) is 1.74. The van der Waals surface area contributed by atoms with Gasteiger partial charge in [-0.25, -0.2) is 0 Å². The molecular formula is C8H13ClN2S. The minimum atomic E-state index is 0.206. The zero-order valence-electron chi connectivity index (χ0n) is 7.33. The minimum Gasteiger partial charge on any atom is -0.147 e. The van der Waals surface area contributed by atoms with E-state index in [0.29, 0.717) is 5.92 Å². The highest BCUT2D eigenvalue weighted by molar-refractivity contribution is 7.09. The van der Waals surface area contributed by atoms with E-state index in [9.17, 15) is 0 Å². The van der Waals surface area contributed by atoms with Crippen molar-refractivity contribution in [2.45, 2.75) is 32.1 Å². The molecule has 4 heteroatoms. The summed E-state index contributed by atoms with van der Waals surface area (Å²) in [7, 11) is 0. The lowest BCUT2D eigenvalue weighted by molar-refractivity contribution is 0.560. The smallest absolute Gasteiger partial charge is 0.118 e. The van der Waals surface area contributed by atoms with Crippen LogP contribution in [0.15, 0.2) is 5.51 Å². The maximum absolute atomic E-state index is 6.11. The van der Waals surface area contributed by atoms with E-state index in [2.05, 4.69) is 24.0 Å². The predicted octanol–water partition coefficient (Wildman–Crippen LogP) is 2.73. The maximum Gasteiger partial charge on any atom is 0.118 e. The average molecular weight is 205 g/mol. The maximum atomic E-state index is 6.11. The summed E-state index contributed by atoms with van der Waals surface area (Å²) in [5, 5.41) is 8.96. The van der Waals surface area contributed by atoms with Gasteiger partial charge in [0.05, 0.1) is 0 Å². The Labute approximate surface area is 82.0 Å². The van der Waals surface area contributed by atoms with Gasteiger partial charge < -0.3 is 0 Å². The topological polar surface area (TPSA) is 25.8 Å². The van der Waals surface area contributed by atoms with Gasteiger partial charge in [0.25, 0.3) is 0 Å². The van der Waals surface area contributed by atoms with Crippen molar-refractivity contribution in [1.82, 2.24) is 10.2 Å². The molecule has 0 spiro atoms. The Morgan fingerprint density at radius 2 is 2.33 bits per heavy atom. The van der Waals surface area contributed by atoms with Crippen molar-refractivity contribution in [1.29, 1.82) is 0 Å². The fraction of sp³-hybridized carbons (Fsp3) is 0.750. The van der Waals surface area contributed by atoms with Crippen molar-refractivity contribution in [2.24, 2.45) is 5.92 Å². The highest BCUT2D eigenvalue weighted by atomic mass is 35.5. The molecule has 12 heavy (non-hydrogen) atoms. The van der Waals surface area contributed by atoms with Crippen LogP contribution < -0.4 is 0 Å². The molecule has 1 unspecified atom stereocenters. The highest BCUT2D eigenvalue weighted by Gasteiger charge is 2.09. The van der Waals surface area contributed by atoms with Crippen molar-refractivity contribution in [2.75, 3.05) is 0 Å². The molecule has 1 aromatic rings. The molecule has 0 aromatic carbocycles. The molecule has 0 aliphatic heterocycles. The van der Waals surface area contributed by atoms with Gasteiger partial charge in [-0.15, -0.1) is 33.1 Å². The first-order chi connectivity index (χ1) is 5.68. The summed E-state index contributed by atoms with van der Waals surface area (Å²) < 4.78 is 0. The normalized spacial score (nSPS) is 13.7. The largest absolute Gasteiger partial charge is 0.147 e. The molecule has 0 aliphatic carbocycles. The number of hydrogen-bond acceptors (Lipinski definition) is 3. The molecule has 1 heterocycles. The van der Waals surface area contributed by atoms with Gasteiger partial charge in [0.2, 0.25) is 0 Å². The Morgan fingerprint density at radius 1 is 1.58 bits per heavy atom. The van der Waals surface area contributed by atoms with Crippen LogP contribution >= 0.6 is 22.9 Å². The van der Waals surface area contributed by atoms with E-state index in [0.717, 1.165) is 17.8 Å². The second kappa shape index (κ2) is 4.77. The van der Waals surface area contributed by atoms with Gasteiger partial charge in [0.15, 0.2) is 0 Å². The van der Waals surface area contributed by atoms with Crippen LogP contribution in [0.25, 0.3) is 0 Å². The van der Waals surface area contributed by atoms with E-state index in [1.54, 1.807) is 16.8 Å². The zero-order chi connectivity index (χ0) is 8.97. The fourth-order valence-corrected chi connectivity index (χ4v) is 2.27. The molecule has 0 N–H and O–H groups in total. The van der Waals surface area contributed by atoms with Gasteiger partial charge in [0, 0.05) is 11.8 Å². The number of hydrogen-bond donors (Lipinski definition) is 0. The highest BCUT2D eigenvalue weighted by Crippen LogP contribution is 2.16. The van der Waals surface area contributed by atoms with Crippen LogP contribution in [0.3, 0.4) is 0 Å². The van der Waals surface area contributed by atoms with Crippen molar-refractivity contribution in [3.63, 3.8) is 0 Å². The van der Waals surface area contributed by atoms with Gasteiger partial charge in [-0.3, -0.25) is 0 Å². The summed E-state index contributed by atoms with van der Waals surface area (Å²) >= 11 is 7.68. The zero-order valence-corrected chi connectivity index (χ0v) is 8.90. The van der Waals surface area contributed by atoms with E-state index in [1.807, 2.05) is 0 Å². The minimum absolute atomic E-state index is 0.206. The van der Waals surface area contributed by atoms with E-state index in [-0.39, 0.29) is 5.38 Å². The molecule has 0 saturated carbocycles. The van der Waals surface area contributed by atoms with Gasteiger partial charge in [-0.2, -0.15) is 0 Å². The number of rotatable bonds is 4. The van der Waals surface area contributed by atoms with E-state index >= 15 is 0 Å². The monoisotopic (exact) mass is 204 g/mol. The Balaban J connectivity index is 2.32. The first kappa shape index (κ1) is 9.93. The Bertz CT molecular complexity index is 211. The number of alkyl halides is 1. The van der Waals surface area contributed by atoms with Gasteiger partial charge in [-0.05, 0) is 12.3 Å². The van der Waals surface area contributed by atoms with Gasteiger partial charge >= 0.3 is 0 Å². The number of nitrogens with zero attached hydrogens (tertiary/aromatic N) is 2. The summed E-state index contributed by atoms with van der Waals surface area (Å²) in [5.74, 6) is 0.653. The molecule has 2 nitrogen and oxygen atoms in total. The molecule has 1 aromatic heterocycles. The van der Waals surface area contributed by atoms with Crippen molar-refractivity contribution < 1.29 is 0 Å². The second-order valence-electron chi connectivity index (χ2n) is 3.26. The predicted molar refractivity (Wildman–Crippen MR) is 52.7 cm³/mol. The van der Waals surface area contributed by atoms with Crippen LogP contribution in [-0.2, 0) is 6.42 Å². The van der Waals surface area contributed by atoms with Crippen LogP contribution in [0.4, 0.5) is 0 Å².